The number of rotatable bonds is 3. The fourth-order valence-electron chi connectivity index (χ4n) is 0.580. The molecule has 0 aliphatic rings. The molecule has 0 radical (unpaired) electrons. The molecule has 0 amide bonds. The molecule has 74 valence electrons. The molecule has 0 aliphatic heterocycles. The quantitative estimate of drug-likeness (QED) is 0.265. The third kappa shape index (κ3) is 3.57. The van der Waals surface area contributed by atoms with Crippen molar-refractivity contribution in [3.63, 3.8) is 0 Å². The predicted octanol–water partition coefficient (Wildman–Crippen LogP) is -0.978. The van der Waals surface area contributed by atoms with Crippen LogP contribution >= 0.6 is 0 Å². The number of hydrogen-bond donors (Lipinski definition) is 1. The molecule has 0 aliphatic carbocycles. The molecule has 0 heterocycles. The van der Waals surface area contributed by atoms with Crippen LogP contribution < -0.4 is 5.84 Å². The van der Waals surface area contributed by atoms with E-state index in [2.05, 4.69) is 9.47 Å². The molecule has 0 atom stereocenters. The van der Waals surface area contributed by atoms with E-state index < -0.39 is 11.9 Å². The number of hydrogen-bond acceptors (Lipinski definition) is 6. The maximum atomic E-state index is 11.0. The lowest BCUT2D eigenvalue weighted by Crippen LogP contribution is -2.31. The van der Waals surface area contributed by atoms with E-state index in [4.69, 9.17) is 5.84 Å². The summed E-state index contributed by atoms with van der Waals surface area (Å²) in [5.41, 5.74) is -0.0747. The molecule has 0 aromatic carbocycles. The van der Waals surface area contributed by atoms with Crippen LogP contribution in [0.2, 0.25) is 0 Å². The molecule has 0 unspecified atom stereocenters. The van der Waals surface area contributed by atoms with Gasteiger partial charge in [0.05, 0.1) is 20.3 Å². The number of nitrogens with zero attached hydrogens (tertiary/aromatic N) is 1. The number of carbonyl (C=O) groups excluding carboxylic acids is 2. The molecule has 2 N–H and O–H groups in total. The molecular weight excluding hydrogens is 176 g/mol. The summed E-state index contributed by atoms with van der Waals surface area (Å²) in [5.74, 6) is 3.91. The number of esters is 2. The van der Waals surface area contributed by atoms with E-state index in [0.29, 0.717) is 0 Å². The van der Waals surface area contributed by atoms with Gasteiger partial charge in [0.25, 0.3) is 0 Å². The van der Waals surface area contributed by atoms with E-state index in [1.54, 1.807) is 0 Å². The van der Waals surface area contributed by atoms with Crippen molar-refractivity contribution < 1.29 is 19.1 Å². The van der Waals surface area contributed by atoms with Crippen molar-refractivity contribution in [2.45, 2.75) is 0 Å². The summed E-state index contributed by atoms with van der Waals surface area (Å²) in [7, 11) is 3.80. The second-order valence-electron chi connectivity index (χ2n) is 2.16. The van der Waals surface area contributed by atoms with Crippen LogP contribution in [0.3, 0.4) is 0 Å². The zero-order valence-electron chi connectivity index (χ0n) is 7.73. The lowest BCUT2D eigenvalue weighted by molar-refractivity contribution is -0.139. The highest BCUT2D eigenvalue weighted by Crippen LogP contribution is 1.99. The first kappa shape index (κ1) is 11.4. The topological polar surface area (TPSA) is 81.9 Å². The minimum Gasteiger partial charge on any atom is -0.466 e. The molecule has 0 spiro atoms. The van der Waals surface area contributed by atoms with Gasteiger partial charge in [-0.2, -0.15) is 0 Å². The molecule has 0 aromatic heterocycles. The van der Waals surface area contributed by atoms with E-state index in [9.17, 15) is 9.59 Å². The van der Waals surface area contributed by atoms with Crippen LogP contribution in [0.4, 0.5) is 0 Å². The van der Waals surface area contributed by atoms with Crippen molar-refractivity contribution in [1.29, 1.82) is 0 Å². The summed E-state index contributed by atoms with van der Waals surface area (Å²) < 4.78 is 8.70. The standard InChI is InChI=1S/C7H12N2O4/c1-9(8)5(7(11)13-3)4-6(10)12-2/h4H,8H2,1-3H3. The van der Waals surface area contributed by atoms with Crippen molar-refractivity contribution in [1.82, 2.24) is 5.01 Å². The highest BCUT2D eigenvalue weighted by atomic mass is 16.5. The fraction of sp³-hybridized carbons (Fsp3) is 0.429. The first-order chi connectivity index (χ1) is 6.02. The van der Waals surface area contributed by atoms with Gasteiger partial charge >= 0.3 is 11.9 Å². The smallest absolute Gasteiger partial charge is 0.355 e. The molecule has 0 bridgehead atoms. The summed E-state index contributed by atoms with van der Waals surface area (Å²) in [6.07, 6.45) is 0.950. The average Bonchev–Trinajstić information content (AvgIpc) is 2.11. The van der Waals surface area contributed by atoms with Crippen molar-refractivity contribution >= 4 is 11.9 Å². The van der Waals surface area contributed by atoms with Gasteiger partial charge in [-0.15, -0.1) is 0 Å². The zero-order chi connectivity index (χ0) is 10.4. The van der Waals surface area contributed by atoms with Crippen molar-refractivity contribution in [3.8, 4) is 0 Å². The van der Waals surface area contributed by atoms with Gasteiger partial charge in [0.1, 0.15) is 5.70 Å². The Balaban J connectivity index is 4.70. The van der Waals surface area contributed by atoms with E-state index in [1.807, 2.05) is 0 Å². The third-order valence-corrected chi connectivity index (χ3v) is 1.23. The number of nitrogens with two attached hydrogens (primary N) is 1. The second-order valence-corrected chi connectivity index (χ2v) is 2.16. The third-order valence-electron chi connectivity index (χ3n) is 1.23. The monoisotopic (exact) mass is 188 g/mol. The first-order valence-corrected chi connectivity index (χ1v) is 3.39. The zero-order valence-corrected chi connectivity index (χ0v) is 7.73. The normalized spacial score (nSPS) is 10.6. The number of likely N-dealkylation sites (N-methyl/N-ethyl adjacent to an activating group) is 1. The van der Waals surface area contributed by atoms with Crippen LogP contribution in [0.1, 0.15) is 0 Å². The van der Waals surface area contributed by atoms with E-state index in [0.717, 1.165) is 11.1 Å². The Kier molecular flexibility index (Phi) is 4.53. The van der Waals surface area contributed by atoms with Crippen LogP contribution in [0.25, 0.3) is 0 Å². The van der Waals surface area contributed by atoms with Crippen LogP contribution in [0.15, 0.2) is 11.8 Å². The van der Waals surface area contributed by atoms with Crippen molar-refractivity contribution in [2.75, 3.05) is 21.3 Å². The Morgan fingerprint density at radius 1 is 1.31 bits per heavy atom. The van der Waals surface area contributed by atoms with Crippen LogP contribution in [0.5, 0.6) is 0 Å². The fourth-order valence-corrected chi connectivity index (χ4v) is 0.580. The number of methoxy groups -OCH3 is 2. The predicted molar refractivity (Wildman–Crippen MR) is 44.1 cm³/mol. The van der Waals surface area contributed by atoms with E-state index >= 15 is 0 Å². The van der Waals surface area contributed by atoms with E-state index in [-0.39, 0.29) is 5.70 Å². The highest BCUT2D eigenvalue weighted by molar-refractivity contribution is 5.95. The summed E-state index contributed by atoms with van der Waals surface area (Å²) in [6.45, 7) is 0. The molecule has 0 fully saturated rings. The Labute approximate surface area is 75.9 Å². The van der Waals surface area contributed by atoms with Crippen molar-refractivity contribution in [3.05, 3.63) is 11.8 Å². The van der Waals surface area contributed by atoms with Gasteiger partial charge in [0.2, 0.25) is 0 Å². The van der Waals surface area contributed by atoms with Gasteiger partial charge in [0.15, 0.2) is 0 Å². The van der Waals surface area contributed by atoms with Gasteiger partial charge < -0.3 is 14.5 Å². The Morgan fingerprint density at radius 3 is 2.15 bits per heavy atom. The molecule has 6 heteroatoms. The molecule has 0 aromatic rings. The molecule has 0 saturated heterocycles. The van der Waals surface area contributed by atoms with Gasteiger partial charge in [-0.05, 0) is 0 Å². The number of ether oxygens (including phenoxy) is 2. The van der Waals surface area contributed by atoms with Crippen LogP contribution in [-0.4, -0.2) is 38.2 Å². The maximum absolute atomic E-state index is 11.0. The van der Waals surface area contributed by atoms with Crippen LogP contribution in [0, 0.1) is 0 Å². The largest absolute Gasteiger partial charge is 0.466 e. The maximum Gasteiger partial charge on any atom is 0.355 e. The Hall–Kier alpha value is -1.56. The molecule has 13 heavy (non-hydrogen) atoms. The lowest BCUT2D eigenvalue weighted by atomic mass is 10.4. The first-order valence-electron chi connectivity index (χ1n) is 3.39. The van der Waals surface area contributed by atoms with Crippen LogP contribution in [-0.2, 0) is 19.1 Å². The minimum atomic E-state index is -0.699. The number of hydrazine groups is 1. The second kappa shape index (κ2) is 5.15. The van der Waals surface area contributed by atoms with Gasteiger partial charge in [0, 0.05) is 7.05 Å². The lowest BCUT2D eigenvalue weighted by Gasteiger charge is -2.13. The average molecular weight is 188 g/mol. The molecule has 0 rings (SSSR count). The summed E-state index contributed by atoms with van der Waals surface area (Å²) in [4.78, 5) is 21.7. The van der Waals surface area contributed by atoms with E-state index in [1.165, 1.54) is 21.3 Å². The minimum absolute atomic E-state index is 0.0747. The summed E-state index contributed by atoms with van der Waals surface area (Å²) in [5, 5.41) is 0.975. The molecular formula is C7H12N2O4. The SMILES string of the molecule is COC(=O)C=C(C(=O)OC)N(C)N. The summed E-state index contributed by atoms with van der Waals surface area (Å²) >= 11 is 0. The molecule has 0 saturated carbocycles. The Morgan fingerprint density at radius 2 is 1.85 bits per heavy atom. The summed E-state index contributed by atoms with van der Waals surface area (Å²) in [6, 6.07) is 0. The molecule has 6 nitrogen and oxygen atoms in total. The van der Waals surface area contributed by atoms with Crippen molar-refractivity contribution in [2.24, 2.45) is 5.84 Å². The van der Waals surface area contributed by atoms with Gasteiger partial charge in [-0.1, -0.05) is 0 Å². The highest BCUT2D eigenvalue weighted by Gasteiger charge is 2.14. The number of carbonyl (C=O) groups is 2. The van der Waals surface area contributed by atoms with Gasteiger partial charge in [-0.3, -0.25) is 0 Å². The van der Waals surface area contributed by atoms with Gasteiger partial charge in [-0.25, -0.2) is 15.4 Å². The Bertz CT molecular complexity index is 235.